The third kappa shape index (κ3) is 23.6. The van der Waals surface area contributed by atoms with E-state index in [0.29, 0.717) is 19.6 Å². The van der Waals surface area contributed by atoms with E-state index in [-0.39, 0.29) is 38.1 Å². The quantitative estimate of drug-likeness (QED) is 0.0332. The van der Waals surface area contributed by atoms with Crippen molar-refractivity contribution in [2.75, 3.05) is 6.61 Å². The molecule has 396 valence electrons. The highest BCUT2D eigenvalue weighted by atomic mass is 16.7. The van der Waals surface area contributed by atoms with Crippen molar-refractivity contribution in [1.29, 1.82) is 0 Å². The van der Waals surface area contributed by atoms with Crippen molar-refractivity contribution in [3.8, 4) is 0 Å². The molecule has 1 aliphatic heterocycles. The second-order valence-electron chi connectivity index (χ2n) is 19.8. The molecule has 0 radical (unpaired) electrons. The lowest BCUT2D eigenvalue weighted by molar-refractivity contribution is -0.286. The molecule has 7 unspecified atom stereocenters. The number of hydrogen-bond acceptors (Lipinski definition) is 9. The molecule has 1 amide bonds. The van der Waals surface area contributed by atoms with Crippen LogP contribution in [0.1, 0.15) is 177 Å². The van der Waals surface area contributed by atoms with Crippen LogP contribution in [0.25, 0.3) is 0 Å². The van der Waals surface area contributed by atoms with Gasteiger partial charge in [0.25, 0.3) is 0 Å². The first kappa shape index (κ1) is 58.5. The number of esters is 1. The summed E-state index contributed by atoms with van der Waals surface area (Å²) in [6.07, 6.45) is 18.1. The molecule has 0 aromatic heterocycles. The second-order valence-corrected chi connectivity index (χ2v) is 19.8. The van der Waals surface area contributed by atoms with Gasteiger partial charge in [-0.25, -0.2) is 0 Å². The summed E-state index contributed by atoms with van der Waals surface area (Å²) in [4.78, 5) is 29.1. The van der Waals surface area contributed by atoms with Gasteiger partial charge in [0.05, 0.1) is 58.1 Å². The number of aliphatic hydroxyl groups excluding tert-OH is 1. The summed E-state index contributed by atoms with van der Waals surface area (Å²) in [5.74, 6) is -0.776. The molecule has 10 heteroatoms. The third-order valence-electron chi connectivity index (χ3n) is 13.7. The molecule has 2 N–H and O–H groups in total. The number of rotatable bonds is 39. The van der Waals surface area contributed by atoms with Crippen LogP contribution in [0.5, 0.6) is 0 Å². The van der Waals surface area contributed by atoms with Crippen LogP contribution < -0.4 is 5.32 Å². The smallest absolute Gasteiger partial charge is 0.308 e. The Morgan fingerprint density at radius 1 is 0.500 bits per heavy atom. The first-order valence-electron chi connectivity index (χ1n) is 27.8. The molecule has 4 aromatic rings. The Balaban J connectivity index is 1.36. The van der Waals surface area contributed by atoms with Crippen LogP contribution in [-0.4, -0.2) is 66.4 Å². The summed E-state index contributed by atoms with van der Waals surface area (Å²) < 4.78 is 39.3. The Morgan fingerprint density at radius 2 is 0.889 bits per heavy atom. The molecule has 1 heterocycles. The minimum Gasteiger partial charge on any atom is -0.457 e. The van der Waals surface area contributed by atoms with Crippen molar-refractivity contribution in [2.24, 2.45) is 0 Å². The van der Waals surface area contributed by atoms with Gasteiger partial charge in [-0.3, -0.25) is 9.59 Å². The summed E-state index contributed by atoms with van der Waals surface area (Å²) in [6.45, 7) is 5.11. The molecule has 0 spiro atoms. The molecule has 0 aliphatic carbocycles. The lowest BCUT2D eigenvalue weighted by Crippen LogP contribution is -2.66. The fraction of sp³-hybridized carbons (Fsp3) is 0.581. The van der Waals surface area contributed by atoms with E-state index in [9.17, 15) is 14.7 Å². The Bertz CT molecular complexity index is 1950. The second kappa shape index (κ2) is 36.5. The van der Waals surface area contributed by atoms with Gasteiger partial charge < -0.3 is 38.8 Å². The molecular weight excluding hydrogens is 903 g/mol. The lowest BCUT2D eigenvalue weighted by Gasteiger charge is -2.45. The highest BCUT2D eigenvalue weighted by Crippen LogP contribution is 2.30. The number of carbonyl (C=O) groups is 2. The Hall–Kier alpha value is -4.42. The summed E-state index contributed by atoms with van der Waals surface area (Å²) in [7, 11) is 0. The van der Waals surface area contributed by atoms with Gasteiger partial charge in [0.15, 0.2) is 12.4 Å². The zero-order valence-electron chi connectivity index (χ0n) is 43.9. The Morgan fingerprint density at radius 3 is 1.32 bits per heavy atom. The number of aliphatic hydroxyl groups is 1. The zero-order chi connectivity index (χ0) is 50.7. The van der Waals surface area contributed by atoms with Crippen LogP contribution in [0.15, 0.2) is 121 Å². The van der Waals surface area contributed by atoms with Crippen LogP contribution in [-0.2, 0) is 64.4 Å². The number of ether oxygens (including phenoxy) is 6. The molecule has 72 heavy (non-hydrogen) atoms. The van der Waals surface area contributed by atoms with E-state index in [1.165, 1.54) is 77.0 Å². The number of nitrogens with one attached hydrogen (secondary N) is 1. The number of amides is 1. The van der Waals surface area contributed by atoms with E-state index in [4.69, 9.17) is 28.4 Å². The van der Waals surface area contributed by atoms with Gasteiger partial charge in [-0.05, 0) is 35.1 Å². The molecule has 1 fully saturated rings. The SMILES string of the molecule is CCCCCCCCCCCC(CC(=O)NC1C(OCc2ccccc2)OC(CO)C(OCc2ccccc2)C1OC(=O)CC(CCCCCCCCCCC)OCc1ccccc1)OCc1ccccc1. The standard InChI is InChI=1S/C62H89NO9/c1-3-5-7-9-11-13-15-17-31-41-54(67-46-50-33-23-19-24-34-50)43-57(65)63-59-61(60(69-48-52-37-27-21-28-38-52)56(45-64)71-62(59)70-49-53-39-29-22-30-40-53)72-58(66)44-55(68-47-51-35-25-20-26-36-51)42-32-18-16-14-12-10-8-6-4-2/h19-30,33-40,54-56,59-62,64H,3-18,31-32,41-49H2,1-2H3,(H,63,65). The van der Waals surface area contributed by atoms with Gasteiger partial charge in [-0.1, -0.05) is 251 Å². The lowest BCUT2D eigenvalue weighted by atomic mass is 9.95. The van der Waals surface area contributed by atoms with Gasteiger partial charge in [0.1, 0.15) is 18.2 Å². The van der Waals surface area contributed by atoms with Crippen molar-refractivity contribution in [3.05, 3.63) is 144 Å². The molecule has 1 saturated heterocycles. The van der Waals surface area contributed by atoms with Gasteiger partial charge in [0.2, 0.25) is 5.91 Å². The highest BCUT2D eigenvalue weighted by molar-refractivity contribution is 5.77. The Labute approximate surface area is 433 Å². The van der Waals surface area contributed by atoms with E-state index in [1.807, 2.05) is 121 Å². The maximum atomic E-state index is 14.6. The molecule has 7 atom stereocenters. The third-order valence-corrected chi connectivity index (χ3v) is 13.7. The topological polar surface area (TPSA) is 122 Å². The summed E-state index contributed by atoms with van der Waals surface area (Å²) >= 11 is 0. The highest BCUT2D eigenvalue weighted by Gasteiger charge is 2.50. The van der Waals surface area contributed by atoms with Crippen molar-refractivity contribution in [2.45, 2.75) is 224 Å². The maximum Gasteiger partial charge on any atom is 0.308 e. The van der Waals surface area contributed by atoms with Gasteiger partial charge in [0, 0.05) is 0 Å². The number of carbonyl (C=O) groups excluding carboxylic acids is 2. The monoisotopic (exact) mass is 992 g/mol. The van der Waals surface area contributed by atoms with Crippen LogP contribution in [0, 0.1) is 0 Å². The fourth-order valence-electron chi connectivity index (χ4n) is 9.47. The van der Waals surface area contributed by atoms with Crippen molar-refractivity contribution in [3.63, 3.8) is 0 Å². The molecule has 10 nitrogen and oxygen atoms in total. The number of unbranched alkanes of at least 4 members (excludes halogenated alkanes) is 16. The number of benzene rings is 4. The molecule has 4 aromatic carbocycles. The van der Waals surface area contributed by atoms with Crippen molar-refractivity contribution < 1.29 is 43.1 Å². The maximum absolute atomic E-state index is 14.6. The van der Waals surface area contributed by atoms with Crippen LogP contribution in [0.3, 0.4) is 0 Å². The van der Waals surface area contributed by atoms with Crippen molar-refractivity contribution in [1.82, 2.24) is 5.32 Å². The molecular formula is C62H89NO9. The molecule has 0 bridgehead atoms. The van der Waals surface area contributed by atoms with Crippen molar-refractivity contribution >= 4 is 11.9 Å². The Kier molecular flexibility index (Phi) is 29.6. The average Bonchev–Trinajstić information content (AvgIpc) is 3.41. The number of hydrogen-bond donors (Lipinski definition) is 2. The minimum atomic E-state index is -1.10. The van der Waals surface area contributed by atoms with E-state index < -0.39 is 49.3 Å². The summed E-state index contributed by atoms with van der Waals surface area (Å²) in [5, 5.41) is 14.2. The van der Waals surface area contributed by atoms with Gasteiger partial charge in [-0.2, -0.15) is 0 Å². The van der Waals surface area contributed by atoms with Gasteiger partial charge >= 0.3 is 5.97 Å². The predicted molar refractivity (Wildman–Crippen MR) is 287 cm³/mol. The van der Waals surface area contributed by atoms with Crippen LogP contribution in [0.2, 0.25) is 0 Å². The van der Waals surface area contributed by atoms with Crippen LogP contribution in [0.4, 0.5) is 0 Å². The minimum absolute atomic E-state index is 0.000745. The van der Waals surface area contributed by atoms with E-state index in [1.54, 1.807) is 0 Å². The fourth-order valence-corrected chi connectivity index (χ4v) is 9.47. The molecule has 1 aliphatic rings. The molecule has 0 saturated carbocycles. The van der Waals surface area contributed by atoms with E-state index >= 15 is 0 Å². The first-order chi connectivity index (χ1) is 35.4. The van der Waals surface area contributed by atoms with E-state index in [0.717, 1.165) is 67.2 Å². The predicted octanol–water partition coefficient (Wildman–Crippen LogP) is 13.7. The summed E-state index contributed by atoms with van der Waals surface area (Å²) in [6, 6.07) is 38.4. The zero-order valence-corrected chi connectivity index (χ0v) is 43.9. The van der Waals surface area contributed by atoms with Gasteiger partial charge in [-0.15, -0.1) is 0 Å². The normalized spacial score (nSPS) is 18.6. The first-order valence-corrected chi connectivity index (χ1v) is 27.8. The van der Waals surface area contributed by atoms with E-state index in [2.05, 4.69) is 19.2 Å². The average molecular weight is 992 g/mol. The molecule has 5 rings (SSSR count). The largest absolute Gasteiger partial charge is 0.457 e. The summed E-state index contributed by atoms with van der Waals surface area (Å²) in [5.41, 5.74) is 3.85. The van der Waals surface area contributed by atoms with Crippen LogP contribution >= 0.6 is 0 Å².